The van der Waals surface area contributed by atoms with Crippen LogP contribution in [0.2, 0.25) is 0 Å². The molecule has 0 saturated heterocycles. The van der Waals surface area contributed by atoms with Gasteiger partial charge in [-0.05, 0) is 12.5 Å². The lowest BCUT2D eigenvalue weighted by Crippen LogP contribution is -2.40. The second kappa shape index (κ2) is 6.39. The molecule has 0 unspecified atom stereocenters. The van der Waals surface area contributed by atoms with Crippen molar-refractivity contribution in [3.63, 3.8) is 0 Å². The van der Waals surface area contributed by atoms with E-state index in [0.29, 0.717) is 12.5 Å². The quantitative estimate of drug-likeness (QED) is 0.735. The number of fused-ring (bicyclic) bond motifs is 1. The van der Waals surface area contributed by atoms with Gasteiger partial charge in [-0.1, -0.05) is 30.3 Å². The van der Waals surface area contributed by atoms with Crippen LogP contribution < -0.4 is 16.6 Å². The molecule has 8 heteroatoms. The van der Waals surface area contributed by atoms with E-state index in [4.69, 9.17) is 0 Å². The first-order valence-corrected chi connectivity index (χ1v) is 7.83. The van der Waals surface area contributed by atoms with Crippen molar-refractivity contribution >= 4 is 22.9 Å². The first-order chi connectivity index (χ1) is 11.9. The number of Topliss-reactive ketones (excluding diaryl/α,β-unsaturated/α-hetero) is 1. The molecule has 0 saturated carbocycles. The summed E-state index contributed by atoms with van der Waals surface area (Å²) in [5.74, 6) is 0.217. The molecule has 25 heavy (non-hydrogen) atoms. The van der Waals surface area contributed by atoms with Crippen molar-refractivity contribution in [3.05, 3.63) is 56.7 Å². The highest BCUT2D eigenvalue weighted by atomic mass is 16.2. The summed E-state index contributed by atoms with van der Waals surface area (Å²) in [6.07, 6.45) is 0. The van der Waals surface area contributed by atoms with Gasteiger partial charge in [0.1, 0.15) is 5.78 Å². The number of aromatic nitrogens is 4. The molecule has 1 aromatic carbocycles. The second-order valence-electron chi connectivity index (χ2n) is 5.94. The lowest BCUT2D eigenvalue weighted by molar-refractivity contribution is -0.117. The smallest absolute Gasteiger partial charge is 0.332 e. The van der Waals surface area contributed by atoms with Crippen LogP contribution in [0.3, 0.4) is 0 Å². The van der Waals surface area contributed by atoms with Gasteiger partial charge >= 0.3 is 5.69 Å². The maximum atomic E-state index is 12.7. The summed E-state index contributed by atoms with van der Waals surface area (Å²) in [7, 11) is 3.24. The van der Waals surface area contributed by atoms with Crippen LogP contribution in [-0.2, 0) is 32.0 Å². The Bertz CT molecular complexity index is 1060. The van der Waals surface area contributed by atoms with Gasteiger partial charge in [-0.2, -0.15) is 4.98 Å². The van der Waals surface area contributed by atoms with Crippen molar-refractivity contribution in [2.75, 3.05) is 5.32 Å². The van der Waals surface area contributed by atoms with Crippen molar-refractivity contribution < 1.29 is 4.79 Å². The number of benzene rings is 1. The highest BCUT2D eigenvalue weighted by molar-refractivity contribution is 5.77. The van der Waals surface area contributed by atoms with Gasteiger partial charge in [-0.3, -0.25) is 18.7 Å². The van der Waals surface area contributed by atoms with E-state index in [-0.39, 0.29) is 23.5 Å². The van der Waals surface area contributed by atoms with E-state index in [1.54, 1.807) is 11.6 Å². The normalized spacial score (nSPS) is 11.0. The fourth-order valence-electron chi connectivity index (χ4n) is 2.74. The van der Waals surface area contributed by atoms with Gasteiger partial charge in [0.2, 0.25) is 5.95 Å². The van der Waals surface area contributed by atoms with Crippen molar-refractivity contribution in [2.24, 2.45) is 14.1 Å². The fourth-order valence-corrected chi connectivity index (χ4v) is 2.74. The molecule has 3 rings (SSSR count). The second-order valence-corrected chi connectivity index (χ2v) is 5.94. The molecular formula is C17H19N5O3. The monoisotopic (exact) mass is 341 g/mol. The molecule has 130 valence electrons. The Morgan fingerprint density at radius 3 is 2.44 bits per heavy atom. The Morgan fingerprint density at radius 2 is 1.80 bits per heavy atom. The minimum Gasteiger partial charge on any atom is -0.352 e. The van der Waals surface area contributed by atoms with Crippen LogP contribution >= 0.6 is 0 Å². The number of nitrogens with zero attached hydrogens (tertiary/aromatic N) is 4. The largest absolute Gasteiger partial charge is 0.352 e. The SMILES string of the molecule is CC(=O)Cn1c(=O)c2c(nc(NCc3ccccc3)n2C)n(C)c1=O. The van der Waals surface area contributed by atoms with Crippen LogP contribution in [-0.4, -0.2) is 24.5 Å². The number of ketones is 1. The van der Waals surface area contributed by atoms with Gasteiger partial charge in [-0.25, -0.2) is 4.79 Å². The maximum absolute atomic E-state index is 12.7. The van der Waals surface area contributed by atoms with Crippen LogP contribution in [0.25, 0.3) is 11.2 Å². The minimum absolute atomic E-state index is 0.251. The third-order valence-electron chi connectivity index (χ3n) is 4.03. The molecule has 2 aromatic heterocycles. The summed E-state index contributed by atoms with van der Waals surface area (Å²) < 4.78 is 3.83. The van der Waals surface area contributed by atoms with Gasteiger partial charge in [0.05, 0.1) is 6.54 Å². The molecule has 0 spiro atoms. The molecule has 2 heterocycles. The summed E-state index contributed by atoms with van der Waals surface area (Å²) in [6.45, 7) is 1.62. The van der Waals surface area contributed by atoms with Crippen LogP contribution in [0.4, 0.5) is 5.95 Å². The number of carbonyl (C=O) groups is 1. The zero-order valence-corrected chi connectivity index (χ0v) is 14.3. The standard InChI is InChI=1S/C17H19N5O3/c1-11(23)10-22-15(24)13-14(21(3)17(22)25)19-16(20(13)2)18-9-12-7-5-4-6-8-12/h4-8H,9-10H2,1-3H3,(H,18,19). The number of hydrogen-bond donors (Lipinski definition) is 1. The molecule has 0 bridgehead atoms. The molecule has 0 amide bonds. The van der Waals surface area contributed by atoms with E-state index in [9.17, 15) is 14.4 Å². The Hall–Kier alpha value is -3.16. The molecule has 3 aromatic rings. The predicted octanol–water partition coefficient (Wildman–Crippen LogP) is 0.635. The number of nitrogens with one attached hydrogen (secondary N) is 1. The average molecular weight is 341 g/mol. The lowest BCUT2D eigenvalue weighted by Gasteiger charge is -2.07. The molecule has 0 aliphatic carbocycles. The fraction of sp³-hybridized carbons (Fsp3) is 0.294. The van der Waals surface area contributed by atoms with Gasteiger partial charge in [0.15, 0.2) is 11.2 Å². The molecule has 0 aliphatic heterocycles. The van der Waals surface area contributed by atoms with Gasteiger partial charge < -0.3 is 9.88 Å². The molecule has 0 atom stereocenters. The molecule has 8 nitrogen and oxygen atoms in total. The Kier molecular flexibility index (Phi) is 4.26. The van der Waals surface area contributed by atoms with E-state index in [0.717, 1.165) is 10.1 Å². The summed E-state index contributed by atoms with van der Waals surface area (Å²) in [5, 5.41) is 3.17. The number of hydrogen-bond acceptors (Lipinski definition) is 5. The summed E-state index contributed by atoms with van der Waals surface area (Å²) in [6, 6.07) is 9.77. The Morgan fingerprint density at radius 1 is 1.12 bits per heavy atom. The molecule has 0 radical (unpaired) electrons. The highest BCUT2D eigenvalue weighted by Crippen LogP contribution is 2.14. The van der Waals surface area contributed by atoms with E-state index < -0.39 is 11.2 Å². The number of carbonyl (C=O) groups excluding carboxylic acids is 1. The van der Waals surface area contributed by atoms with Crippen LogP contribution in [0.1, 0.15) is 12.5 Å². The van der Waals surface area contributed by atoms with Gasteiger partial charge in [-0.15, -0.1) is 0 Å². The number of aryl methyl sites for hydroxylation is 2. The Balaban J connectivity index is 2.08. The summed E-state index contributed by atoms with van der Waals surface area (Å²) in [4.78, 5) is 40.8. The van der Waals surface area contributed by atoms with Crippen LogP contribution in [0, 0.1) is 0 Å². The molecule has 0 aliphatic rings. The first kappa shape index (κ1) is 16.7. The van der Waals surface area contributed by atoms with Crippen LogP contribution in [0.15, 0.2) is 39.9 Å². The average Bonchev–Trinajstić information content (AvgIpc) is 2.92. The third-order valence-corrected chi connectivity index (χ3v) is 4.03. The van der Waals surface area contributed by atoms with E-state index in [1.165, 1.54) is 18.5 Å². The van der Waals surface area contributed by atoms with E-state index >= 15 is 0 Å². The Labute approximate surface area is 143 Å². The number of anilines is 1. The first-order valence-electron chi connectivity index (χ1n) is 7.83. The van der Waals surface area contributed by atoms with Crippen molar-refractivity contribution in [1.29, 1.82) is 0 Å². The molecular weight excluding hydrogens is 322 g/mol. The summed E-state index contributed by atoms with van der Waals surface area (Å²) in [5.41, 5.74) is 0.556. The maximum Gasteiger partial charge on any atom is 0.332 e. The zero-order valence-electron chi connectivity index (χ0n) is 14.3. The van der Waals surface area contributed by atoms with Crippen LogP contribution in [0.5, 0.6) is 0 Å². The van der Waals surface area contributed by atoms with E-state index in [1.807, 2.05) is 30.3 Å². The topological polar surface area (TPSA) is 90.9 Å². The lowest BCUT2D eigenvalue weighted by atomic mass is 10.2. The number of rotatable bonds is 5. The molecule has 1 N–H and O–H groups in total. The zero-order chi connectivity index (χ0) is 18.1. The van der Waals surface area contributed by atoms with Crippen molar-refractivity contribution in [2.45, 2.75) is 20.0 Å². The van der Waals surface area contributed by atoms with Gasteiger partial charge in [0, 0.05) is 20.6 Å². The van der Waals surface area contributed by atoms with Crippen molar-refractivity contribution in [3.8, 4) is 0 Å². The predicted molar refractivity (Wildman–Crippen MR) is 94.7 cm³/mol. The summed E-state index contributed by atoms with van der Waals surface area (Å²) >= 11 is 0. The third kappa shape index (κ3) is 2.98. The minimum atomic E-state index is -0.555. The number of imidazole rings is 1. The van der Waals surface area contributed by atoms with Crippen molar-refractivity contribution in [1.82, 2.24) is 18.7 Å². The molecule has 0 fully saturated rings. The van der Waals surface area contributed by atoms with Gasteiger partial charge in [0.25, 0.3) is 5.56 Å². The highest BCUT2D eigenvalue weighted by Gasteiger charge is 2.18. The van der Waals surface area contributed by atoms with E-state index in [2.05, 4.69) is 10.3 Å².